The van der Waals surface area contributed by atoms with E-state index in [1.54, 1.807) is 0 Å². The van der Waals surface area contributed by atoms with Gasteiger partial charge in [0.25, 0.3) is 0 Å². The molecule has 0 aliphatic rings. The van der Waals surface area contributed by atoms with Crippen LogP contribution in [0.5, 0.6) is 0 Å². The minimum absolute atomic E-state index is 0.397. The molecule has 0 amide bonds. The summed E-state index contributed by atoms with van der Waals surface area (Å²) < 4.78 is 0. The largest absolute Gasteiger partial charge is 0.329 e. The third-order valence-corrected chi connectivity index (χ3v) is 1.63. The Morgan fingerprint density at radius 2 is 2.33 bits per heavy atom. The molecule has 1 atom stereocenters. The number of rotatable bonds is 5. The zero-order chi connectivity index (χ0) is 7.11. The molecule has 0 aromatic rings. The molecular formula is C6H16N2S. The zero-order valence-corrected chi connectivity index (χ0v) is 6.82. The molecule has 0 aromatic carbocycles. The summed E-state index contributed by atoms with van der Waals surface area (Å²) >= 11 is 4.13. The summed E-state index contributed by atoms with van der Waals surface area (Å²) in [7, 11) is 0. The van der Waals surface area contributed by atoms with Crippen LogP contribution < -0.4 is 11.1 Å². The van der Waals surface area contributed by atoms with Crippen LogP contribution in [0.15, 0.2) is 0 Å². The Hall–Kier alpha value is 0.270. The second-order valence-electron chi connectivity index (χ2n) is 2.07. The van der Waals surface area contributed by atoms with Crippen molar-refractivity contribution in [2.75, 3.05) is 18.8 Å². The quantitative estimate of drug-likeness (QED) is 0.489. The monoisotopic (exact) mass is 148 g/mol. The highest BCUT2D eigenvalue weighted by atomic mass is 32.1. The van der Waals surface area contributed by atoms with Crippen molar-refractivity contribution in [1.29, 1.82) is 0 Å². The van der Waals surface area contributed by atoms with E-state index in [0.717, 1.165) is 18.7 Å². The second kappa shape index (κ2) is 6.39. The van der Waals surface area contributed by atoms with Crippen LogP contribution in [0.1, 0.15) is 13.3 Å². The van der Waals surface area contributed by atoms with Gasteiger partial charge >= 0.3 is 0 Å². The van der Waals surface area contributed by atoms with Gasteiger partial charge in [-0.15, -0.1) is 0 Å². The van der Waals surface area contributed by atoms with Gasteiger partial charge in [0.15, 0.2) is 0 Å². The summed E-state index contributed by atoms with van der Waals surface area (Å²) in [5, 5.41) is 3.27. The standard InChI is InChI=1S/C6H16N2S/c1-2-3-8-6(4-7)5-9/h6,8-9H,2-5,7H2,1H3/t6-/m1/s1. The van der Waals surface area contributed by atoms with Crippen molar-refractivity contribution in [2.24, 2.45) is 5.73 Å². The fraction of sp³-hybridized carbons (Fsp3) is 1.00. The summed E-state index contributed by atoms with van der Waals surface area (Å²) in [6.45, 7) is 3.87. The maximum atomic E-state index is 5.41. The molecule has 0 aromatic heterocycles. The molecule has 9 heavy (non-hydrogen) atoms. The smallest absolute Gasteiger partial charge is 0.0278 e. The lowest BCUT2D eigenvalue weighted by molar-refractivity contribution is 0.561. The highest BCUT2D eigenvalue weighted by Gasteiger charge is 1.99. The van der Waals surface area contributed by atoms with Crippen LogP contribution in [0.2, 0.25) is 0 Å². The number of nitrogens with two attached hydrogens (primary N) is 1. The van der Waals surface area contributed by atoms with Crippen LogP contribution in [0.4, 0.5) is 0 Å². The van der Waals surface area contributed by atoms with Gasteiger partial charge in [-0.1, -0.05) is 6.92 Å². The van der Waals surface area contributed by atoms with Crippen LogP contribution >= 0.6 is 12.6 Å². The number of hydrogen-bond acceptors (Lipinski definition) is 3. The van der Waals surface area contributed by atoms with Gasteiger partial charge in [0.1, 0.15) is 0 Å². The summed E-state index contributed by atoms with van der Waals surface area (Å²) in [6.07, 6.45) is 1.16. The van der Waals surface area contributed by atoms with E-state index in [4.69, 9.17) is 5.73 Å². The predicted molar refractivity (Wildman–Crippen MR) is 45.0 cm³/mol. The molecule has 56 valence electrons. The maximum Gasteiger partial charge on any atom is 0.0278 e. The average Bonchev–Trinajstić information content (AvgIpc) is 1.91. The van der Waals surface area contributed by atoms with E-state index >= 15 is 0 Å². The van der Waals surface area contributed by atoms with Crippen LogP contribution in [0.25, 0.3) is 0 Å². The molecule has 0 spiro atoms. The normalized spacial score (nSPS) is 13.7. The van der Waals surface area contributed by atoms with Crippen LogP contribution in [0.3, 0.4) is 0 Å². The van der Waals surface area contributed by atoms with E-state index in [0.29, 0.717) is 12.6 Å². The van der Waals surface area contributed by atoms with E-state index in [-0.39, 0.29) is 0 Å². The SMILES string of the molecule is CCCN[C@H](CN)CS. The molecule has 0 saturated heterocycles. The Kier molecular flexibility index (Phi) is 6.58. The molecule has 0 saturated carbocycles. The van der Waals surface area contributed by atoms with E-state index in [2.05, 4.69) is 24.9 Å². The fourth-order valence-electron chi connectivity index (χ4n) is 0.571. The molecule has 0 radical (unpaired) electrons. The van der Waals surface area contributed by atoms with Gasteiger partial charge in [0.05, 0.1) is 0 Å². The molecule has 0 aliphatic heterocycles. The Balaban J connectivity index is 3.09. The van der Waals surface area contributed by atoms with Gasteiger partial charge in [0, 0.05) is 18.3 Å². The van der Waals surface area contributed by atoms with Gasteiger partial charge in [-0.25, -0.2) is 0 Å². The van der Waals surface area contributed by atoms with Crippen LogP contribution in [-0.4, -0.2) is 24.9 Å². The molecule has 0 rings (SSSR count). The molecule has 0 bridgehead atoms. The topological polar surface area (TPSA) is 38.0 Å². The first-order valence-electron chi connectivity index (χ1n) is 3.39. The number of hydrogen-bond donors (Lipinski definition) is 3. The van der Waals surface area contributed by atoms with Crippen molar-refractivity contribution in [3.05, 3.63) is 0 Å². The maximum absolute atomic E-state index is 5.41. The van der Waals surface area contributed by atoms with Gasteiger partial charge < -0.3 is 11.1 Å². The Morgan fingerprint density at radius 1 is 1.67 bits per heavy atom. The molecule has 0 unspecified atom stereocenters. The van der Waals surface area contributed by atoms with Crippen molar-refractivity contribution < 1.29 is 0 Å². The molecule has 0 fully saturated rings. The van der Waals surface area contributed by atoms with Crippen molar-refractivity contribution in [3.8, 4) is 0 Å². The Bertz CT molecular complexity index is 55.0. The van der Waals surface area contributed by atoms with E-state index < -0.39 is 0 Å². The first kappa shape index (κ1) is 9.27. The Labute approximate surface area is 62.6 Å². The first-order valence-corrected chi connectivity index (χ1v) is 4.02. The van der Waals surface area contributed by atoms with Crippen molar-refractivity contribution in [3.63, 3.8) is 0 Å². The van der Waals surface area contributed by atoms with E-state index in [9.17, 15) is 0 Å². The summed E-state index contributed by atoms with van der Waals surface area (Å²) in [5.41, 5.74) is 5.41. The third-order valence-electron chi connectivity index (χ3n) is 1.19. The van der Waals surface area contributed by atoms with Crippen molar-refractivity contribution in [2.45, 2.75) is 19.4 Å². The van der Waals surface area contributed by atoms with Crippen molar-refractivity contribution >= 4 is 12.6 Å². The second-order valence-corrected chi connectivity index (χ2v) is 2.43. The van der Waals surface area contributed by atoms with Gasteiger partial charge in [-0.3, -0.25) is 0 Å². The highest BCUT2D eigenvalue weighted by molar-refractivity contribution is 7.80. The van der Waals surface area contributed by atoms with Gasteiger partial charge in [-0.2, -0.15) is 12.6 Å². The lowest BCUT2D eigenvalue weighted by Gasteiger charge is -2.12. The lowest BCUT2D eigenvalue weighted by atomic mass is 10.3. The van der Waals surface area contributed by atoms with Gasteiger partial charge in [0.2, 0.25) is 0 Å². The molecule has 2 nitrogen and oxygen atoms in total. The summed E-state index contributed by atoms with van der Waals surface area (Å²) in [6, 6.07) is 0.397. The van der Waals surface area contributed by atoms with Crippen molar-refractivity contribution in [1.82, 2.24) is 5.32 Å². The first-order chi connectivity index (χ1) is 4.35. The highest BCUT2D eigenvalue weighted by Crippen LogP contribution is 1.84. The summed E-state index contributed by atoms with van der Waals surface area (Å²) in [5.74, 6) is 0.830. The van der Waals surface area contributed by atoms with Crippen LogP contribution in [-0.2, 0) is 0 Å². The number of thiol groups is 1. The number of nitrogens with one attached hydrogen (secondary N) is 1. The Morgan fingerprint density at radius 3 is 2.67 bits per heavy atom. The predicted octanol–water partition coefficient (Wildman–Crippen LogP) is 0.243. The van der Waals surface area contributed by atoms with E-state index in [1.165, 1.54) is 0 Å². The van der Waals surface area contributed by atoms with Gasteiger partial charge in [-0.05, 0) is 13.0 Å². The summed E-state index contributed by atoms with van der Waals surface area (Å²) in [4.78, 5) is 0. The van der Waals surface area contributed by atoms with Crippen LogP contribution in [0, 0.1) is 0 Å². The lowest BCUT2D eigenvalue weighted by Crippen LogP contribution is -2.37. The molecule has 3 heteroatoms. The van der Waals surface area contributed by atoms with E-state index in [1.807, 2.05) is 0 Å². The minimum atomic E-state index is 0.397. The zero-order valence-electron chi connectivity index (χ0n) is 5.93. The third kappa shape index (κ3) is 4.75. The molecule has 3 N–H and O–H groups in total. The molecule has 0 heterocycles. The minimum Gasteiger partial charge on any atom is -0.329 e. The average molecular weight is 148 g/mol. The fourth-order valence-corrected chi connectivity index (χ4v) is 0.849. The molecular weight excluding hydrogens is 132 g/mol. The molecule has 0 aliphatic carbocycles.